The van der Waals surface area contributed by atoms with Crippen LogP contribution < -0.4 is 4.74 Å². The normalized spacial score (nSPS) is 10.9. The summed E-state index contributed by atoms with van der Waals surface area (Å²) in [5.74, 6) is 0.892. The smallest absolute Gasteiger partial charge is 0.311 e. The van der Waals surface area contributed by atoms with Crippen LogP contribution in [0.4, 0.5) is 5.69 Å². The molecule has 118 valence electrons. The highest BCUT2D eigenvalue weighted by Gasteiger charge is 2.18. The quantitative estimate of drug-likeness (QED) is 0.564. The Balaban J connectivity index is 2.04. The molecular formula is C17H17N3O3. The number of nitro benzene ring substituents is 1. The molecule has 0 aliphatic carbocycles. The molecule has 0 spiro atoms. The van der Waals surface area contributed by atoms with Crippen molar-refractivity contribution in [1.82, 2.24) is 9.97 Å². The predicted octanol–water partition coefficient (Wildman–Crippen LogP) is 4.24. The Morgan fingerprint density at radius 1 is 1.26 bits per heavy atom. The predicted molar refractivity (Wildman–Crippen MR) is 88.7 cm³/mol. The molecule has 0 bridgehead atoms. The Morgan fingerprint density at radius 3 is 2.83 bits per heavy atom. The number of rotatable bonds is 5. The first-order chi connectivity index (χ1) is 11.1. The number of H-pyrrole nitrogens is 1. The average Bonchev–Trinajstić information content (AvgIpc) is 2.95. The lowest BCUT2D eigenvalue weighted by Crippen LogP contribution is -1.99. The minimum absolute atomic E-state index is 0.0485. The summed E-state index contributed by atoms with van der Waals surface area (Å²) in [5.41, 5.74) is 3.48. The van der Waals surface area contributed by atoms with E-state index in [1.165, 1.54) is 6.07 Å². The van der Waals surface area contributed by atoms with Crippen molar-refractivity contribution >= 4 is 16.7 Å². The van der Waals surface area contributed by atoms with Gasteiger partial charge in [0.15, 0.2) is 5.75 Å². The van der Waals surface area contributed by atoms with Gasteiger partial charge in [-0.05, 0) is 43.2 Å². The Hall–Kier alpha value is -2.89. The maximum atomic E-state index is 11.3. The lowest BCUT2D eigenvalue weighted by Gasteiger charge is -2.06. The summed E-state index contributed by atoms with van der Waals surface area (Å²) < 4.78 is 5.44. The van der Waals surface area contributed by atoms with Crippen molar-refractivity contribution in [3.05, 3.63) is 52.1 Å². The monoisotopic (exact) mass is 311 g/mol. The molecule has 0 aliphatic rings. The van der Waals surface area contributed by atoms with Crippen LogP contribution in [0.25, 0.3) is 22.4 Å². The number of hydrogen-bond donors (Lipinski definition) is 1. The molecular weight excluding hydrogens is 294 g/mol. The van der Waals surface area contributed by atoms with E-state index in [1.54, 1.807) is 12.1 Å². The molecule has 3 aromatic rings. The maximum Gasteiger partial charge on any atom is 0.311 e. The summed E-state index contributed by atoms with van der Waals surface area (Å²) in [5, 5.41) is 11.3. The van der Waals surface area contributed by atoms with Crippen LogP contribution in [-0.4, -0.2) is 21.5 Å². The molecule has 0 atom stereocenters. The van der Waals surface area contributed by atoms with Crippen LogP contribution in [0.5, 0.6) is 5.75 Å². The molecule has 0 saturated heterocycles. The minimum Gasteiger partial charge on any atom is -0.487 e. The number of aromatic nitrogens is 2. The third-order valence-electron chi connectivity index (χ3n) is 3.53. The number of aromatic amines is 1. The van der Waals surface area contributed by atoms with E-state index in [-0.39, 0.29) is 11.4 Å². The van der Waals surface area contributed by atoms with Crippen molar-refractivity contribution in [2.24, 2.45) is 0 Å². The van der Waals surface area contributed by atoms with Gasteiger partial charge in [-0.3, -0.25) is 10.1 Å². The molecule has 0 aliphatic heterocycles. The molecule has 1 N–H and O–H groups in total. The average molecular weight is 311 g/mol. The zero-order valence-electron chi connectivity index (χ0n) is 13.0. The number of hydrogen-bond acceptors (Lipinski definition) is 4. The van der Waals surface area contributed by atoms with Gasteiger partial charge in [-0.25, -0.2) is 4.98 Å². The first kappa shape index (κ1) is 15.0. The number of nitrogens with zero attached hydrogens (tertiary/aromatic N) is 2. The van der Waals surface area contributed by atoms with Gasteiger partial charge in [0.25, 0.3) is 0 Å². The van der Waals surface area contributed by atoms with Crippen LogP contribution in [0, 0.1) is 17.0 Å². The first-order valence-electron chi connectivity index (χ1n) is 7.46. The van der Waals surface area contributed by atoms with Crippen LogP contribution in [0.1, 0.15) is 18.9 Å². The Kier molecular flexibility index (Phi) is 3.97. The highest BCUT2D eigenvalue weighted by molar-refractivity contribution is 5.80. The second-order valence-electron chi connectivity index (χ2n) is 5.39. The van der Waals surface area contributed by atoms with Gasteiger partial charge in [-0.1, -0.05) is 13.0 Å². The molecule has 0 saturated carbocycles. The van der Waals surface area contributed by atoms with Crippen LogP contribution in [-0.2, 0) is 0 Å². The molecule has 3 rings (SSSR count). The Morgan fingerprint density at radius 2 is 2.09 bits per heavy atom. The Labute approximate surface area is 133 Å². The largest absolute Gasteiger partial charge is 0.487 e. The number of nitro groups is 1. The van der Waals surface area contributed by atoms with Crippen molar-refractivity contribution in [1.29, 1.82) is 0 Å². The maximum absolute atomic E-state index is 11.3. The fourth-order valence-corrected chi connectivity index (χ4v) is 2.40. The summed E-state index contributed by atoms with van der Waals surface area (Å²) >= 11 is 0. The molecule has 0 amide bonds. The van der Waals surface area contributed by atoms with Gasteiger partial charge in [-0.15, -0.1) is 0 Å². The van der Waals surface area contributed by atoms with Gasteiger partial charge < -0.3 is 9.72 Å². The van der Waals surface area contributed by atoms with Gasteiger partial charge >= 0.3 is 5.69 Å². The van der Waals surface area contributed by atoms with E-state index in [9.17, 15) is 10.1 Å². The zero-order valence-corrected chi connectivity index (χ0v) is 13.0. The lowest BCUT2D eigenvalue weighted by atomic mass is 10.2. The fraction of sp³-hybridized carbons (Fsp3) is 0.235. The fourth-order valence-electron chi connectivity index (χ4n) is 2.40. The molecule has 6 heteroatoms. The third kappa shape index (κ3) is 3.01. The molecule has 1 aromatic heterocycles. The second kappa shape index (κ2) is 6.08. The molecule has 0 radical (unpaired) electrons. The van der Waals surface area contributed by atoms with Crippen LogP contribution in [0.2, 0.25) is 0 Å². The van der Waals surface area contributed by atoms with E-state index in [0.29, 0.717) is 18.0 Å². The standard InChI is InChI=1S/C17H17N3O3/c1-3-8-23-16-7-5-12(10-15(16)20(21)22)17-18-13-6-4-11(2)9-14(13)19-17/h4-7,9-10H,3,8H2,1-2H3,(H,18,19). The van der Waals surface area contributed by atoms with Gasteiger partial charge in [0, 0.05) is 11.6 Å². The van der Waals surface area contributed by atoms with Crippen LogP contribution in [0.15, 0.2) is 36.4 Å². The van der Waals surface area contributed by atoms with Crippen molar-refractivity contribution in [3.8, 4) is 17.1 Å². The van der Waals surface area contributed by atoms with E-state index in [0.717, 1.165) is 23.0 Å². The van der Waals surface area contributed by atoms with Crippen LogP contribution in [0.3, 0.4) is 0 Å². The highest BCUT2D eigenvalue weighted by Crippen LogP contribution is 2.32. The molecule has 0 fully saturated rings. The Bertz CT molecular complexity index is 871. The SMILES string of the molecule is CCCOc1ccc(-c2nc3ccc(C)cc3[nH]2)cc1[N+](=O)[O-]. The lowest BCUT2D eigenvalue weighted by molar-refractivity contribution is -0.385. The number of benzene rings is 2. The molecule has 23 heavy (non-hydrogen) atoms. The molecule has 2 aromatic carbocycles. The van der Waals surface area contributed by atoms with E-state index < -0.39 is 4.92 Å². The summed E-state index contributed by atoms with van der Waals surface area (Å²) in [6.07, 6.45) is 0.793. The third-order valence-corrected chi connectivity index (χ3v) is 3.53. The number of ether oxygens (including phenoxy) is 1. The van der Waals surface area contributed by atoms with Crippen molar-refractivity contribution < 1.29 is 9.66 Å². The molecule has 1 heterocycles. The van der Waals surface area contributed by atoms with E-state index in [1.807, 2.05) is 32.0 Å². The summed E-state index contributed by atoms with van der Waals surface area (Å²) in [4.78, 5) is 18.6. The van der Waals surface area contributed by atoms with E-state index >= 15 is 0 Å². The van der Waals surface area contributed by atoms with Crippen molar-refractivity contribution in [2.75, 3.05) is 6.61 Å². The summed E-state index contributed by atoms with van der Waals surface area (Å²) in [6.45, 7) is 4.41. The van der Waals surface area contributed by atoms with Crippen LogP contribution >= 0.6 is 0 Å². The van der Waals surface area contributed by atoms with Crippen molar-refractivity contribution in [2.45, 2.75) is 20.3 Å². The number of imidazole rings is 1. The highest BCUT2D eigenvalue weighted by atomic mass is 16.6. The number of aryl methyl sites for hydroxylation is 1. The second-order valence-corrected chi connectivity index (χ2v) is 5.39. The zero-order chi connectivity index (χ0) is 16.4. The van der Waals surface area contributed by atoms with Gasteiger partial charge in [-0.2, -0.15) is 0 Å². The van der Waals surface area contributed by atoms with Gasteiger partial charge in [0.2, 0.25) is 0 Å². The molecule has 6 nitrogen and oxygen atoms in total. The van der Waals surface area contributed by atoms with Gasteiger partial charge in [0.05, 0.1) is 22.6 Å². The summed E-state index contributed by atoms with van der Waals surface area (Å²) in [6, 6.07) is 10.8. The van der Waals surface area contributed by atoms with E-state index in [2.05, 4.69) is 9.97 Å². The molecule has 0 unspecified atom stereocenters. The van der Waals surface area contributed by atoms with Gasteiger partial charge in [0.1, 0.15) is 5.82 Å². The minimum atomic E-state index is -0.429. The number of fused-ring (bicyclic) bond motifs is 1. The van der Waals surface area contributed by atoms with Crippen molar-refractivity contribution in [3.63, 3.8) is 0 Å². The topological polar surface area (TPSA) is 81.0 Å². The first-order valence-corrected chi connectivity index (χ1v) is 7.46. The summed E-state index contributed by atoms with van der Waals surface area (Å²) in [7, 11) is 0. The number of nitrogens with one attached hydrogen (secondary N) is 1. The van der Waals surface area contributed by atoms with E-state index in [4.69, 9.17) is 4.74 Å².